The Labute approximate surface area is 185 Å². The molecule has 9 heteroatoms. The van der Waals surface area contributed by atoms with Crippen molar-refractivity contribution in [2.45, 2.75) is 29.8 Å². The van der Waals surface area contributed by atoms with Crippen molar-refractivity contribution in [2.24, 2.45) is 0 Å². The van der Waals surface area contributed by atoms with E-state index in [1.807, 2.05) is 30.3 Å². The van der Waals surface area contributed by atoms with Crippen molar-refractivity contribution in [3.63, 3.8) is 0 Å². The maximum Gasteiger partial charge on any atom is 0.350 e. The normalized spacial score (nSPS) is 11.0. The molecule has 4 rings (SSSR count). The number of carbonyl (C=O) groups excluding carboxylic acids is 1. The fourth-order valence-electron chi connectivity index (χ4n) is 2.97. The average molecular weight is 484 g/mol. The number of rotatable bonds is 6. The van der Waals surface area contributed by atoms with Crippen LogP contribution in [0, 0.1) is 0 Å². The minimum absolute atomic E-state index is 0.188. The molecule has 2 aromatic carbocycles. The number of carbonyl (C=O) groups is 1. The van der Waals surface area contributed by atoms with E-state index in [2.05, 4.69) is 44.3 Å². The summed E-state index contributed by atoms with van der Waals surface area (Å²) in [6, 6.07) is 15.3. The lowest BCUT2D eigenvalue weighted by Crippen LogP contribution is -2.28. The van der Waals surface area contributed by atoms with E-state index in [9.17, 15) is 9.59 Å². The average Bonchev–Trinajstić information content (AvgIpc) is 3.06. The Morgan fingerprint density at radius 1 is 1.17 bits per heavy atom. The number of amides is 1. The molecular formula is C21H18BrN5O2S. The second-order valence-corrected chi connectivity index (χ2v) is 8.43. The standard InChI is InChI=1S/C21H18BrN5O2S/c1-2-14-5-3-4-6-17(14)30-20-19-25-27(21(29)26(19)12-11-23-20)13-18(28)24-16-9-7-15(22)8-10-16/h3-12H,2,13H2,1H3,(H,24,28). The third kappa shape index (κ3) is 4.31. The first-order valence-electron chi connectivity index (χ1n) is 9.30. The van der Waals surface area contributed by atoms with Gasteiger partial charge in [-0.05, 0) is 42.3 Å². The number of halogens is 1. The first kappa shape index (κ1) is 20.4. The van der Waals surface area contributed by atoms with Crippen LogP contribution in [-0.2, 0) is 17.8 Å². The molecule has 30 heavy (non-hydrogen) atoms. The van der Waals surface area contributed by atoms with Gasteiger partial charge in [0.25, 0.3) is 0 Å². The quantitative estimate of drug-likeness (QED) is 0.448. The summed E-state index contributed by atoms with van der Waals surface area (Å²) in [6.07, 6.45) is 4.02. The van der Waals surface area contributed by atoms with Crippen LogP contribution in [0.2, 0.25) is 0 Å². The molecule has 0 aliphatic rings. The van der Waals surface area contributed by atoms with Gasteiger partial charge < -0.3 is 5.32 Å². The van der Waals surface area contributed by atoms with Crippen LogP contribution in [0.1, 0.15) is 12.5 Å². The molecule has 0 bridgehead atoms. The highest BCUT2D eigenvalue weighted by atomic mass is 79.9. The lowest BCUT2D eigenvalue weighted by molar-refractivity contribution is -0.117. The number of nitrogens with zero attached hydrogens (tertiary/aromatic N) is 4. The molecular weight excluding hydrogens is 466 g/mol. The van der Waals surface area contributed by atoms with Crippen LogP contribution >= 0.6 is 27.7 Å². The summed E-state index contributed by atoms with van der Waals surface area (Å²) in [7, 11) is 0. The van der Waals surface area contributed by atoms with E-state index in [1.54, 1.807) is 24.5 Å². The van der Waals surface area contributed by atoms with Crippen molar-refractivity contribution < 1.29 is 4.79 Å². The molecule has 2 heterocycles. The minimum atomic E-state index is -0.385. The summed E-state index contributed by atoms with van der Waals surface area (Å²) < 4.78 is 3.48. The maximum atomic E-state index is 12.7. The van der Waals surface area contributed by atoms with Crippen molar-refractivity contribution in [1.29, 1.82) is 0 Å². The van der Waals surface area contributed by atoms with Gasteiger partial charge in [0.2, 0.25) is 5.91 Å². The second kappa shape index (κ2) is 8.85. The Kier molecular flexibility index (Phi) is 6.01. The number of anilines is 1. The monoisotopic (exact) mass is 483 g/mol. The molecule has 0 radical (unpaired) electrons. The Hall–Kier alpha value is -2.91. The van der Waals surface area contributed by atoms with Gasteiger partial charge in [0, 0.05) is 27.4 Å². The Morgan fingerprint density at radius 2 is 1.93 bits per heavy atom. The third-order valence-corrected chi connectivity index (χ3v) is 6.08. The Balaban J connectivity index is 1.60. The fraction of sp³-hybridized carbons (Fsp3) is 0.143. The Morgan fingerprint density at radius 3 is 2.70 bits per heavy atom. The molecule has 0 spiro atoms. The van der Waals surface area contributed by atoms with Gasteiger partial charge in [-0.25, -0.2) is 18.9 Å². The van der Waals surface area contributed by atoms with E-state index in [-0.39, 0.29) is 18.1 Å². The number of nitrogens with one attached hydrogen (secondary N) is 1. The van der Waals surface area contributed by atoms with Crippen molar-refractivity contribution in [2.75, 3.05) is 5.32 Å². The van der Waals surface area contributed by atoms with Crippen LogP contribution in [0.3, 0.4) is 0 Å². The lowest BCUT2D eigenvalue weighted by Gasteiger charge is -2.06. The van der Waals surface area contributed by atoms with Crippen molar-refractivity contribution in [3.8, 4) is 0 Å². The van der Waals surface area contributed by atoms with Gasteiger partial charge in [0.05, 0.1) is 0 Å². The molecule has 2 aromatic heterocycles. The first-order chi connectivity index (χ1) is 14.5. The molecule has 0 atom stereocenters. The van der Waals surface area contributed by atoms with E-state index in [0.29, 0.717) is 16.4 Å². The van der Waals surface area contributed by atoms with Crippen molar-refractivity contribution in [1.82, 2.24) is 19.2 Å². The van der Waals surface area contributed by atoms with E-state index in [0.717, 1.165) is 20.5 Å². The largest absolute Gasteiger partial charge is 0.350 e. The first-order valence-corrected chi connectivity index (χ1v) is 10.9. The van der Waals surface area contributed by atoms with Crippen molar-refractivity contribution in [3.05, 3.63) is 81.4 Å². The maximum absolute atomic E-state index is 12.7. The summed E-state index contributed by atoms with van der Waals surface area (Å²) in [4.78, 5) is 30.6. The van der Waals surface area contributed by atoms with Gasteiger partial charge in [-0.15, -0.1) is 5.10 Å². The van der Waals surface area contributed by atoms with Gasteiger partial charge in [0.15, 0.2) is 5.65 Å². The molecule has 0 aliphatic carbocycles. The molecule has 0 saturated heterocycles. The molecule has 1 N–H and O–H groups in total. The zero-order chi connectivity index (χ0) is 21.1. The number of aryl methyl sites for hydroxylation is 1. The molecule has 4 aromatic rings. The summed E-state index contributed by atoms with van der Waals surface area (Å²) >= 11 is 4.82. The van der Waals surface area contributed by atoms with E-state index < -0.39 is 0 Å². The van der Waals surface area contributed by atoms with Crippen LogP contribution in [0.4, 0.5) is 5.69 Å². The number of benzene rings is 2. The van der Waals surface area contributed by atoms with E-state index in [1.165, 1.54) is 21.7 Å². The number of hydrogen-bond donors (Lipinski definition) is 1. The minimum Gasteiger partial charge on any atom is -0.324 e. The molecule has 7 nitrogen and oxygen atoms in total. The number of hydrogen-bond acceptors (Lipinski definition) is 5. The second-order valence-electron chi connectivity index (χ2n) is 6.48. The van der Waals surface area contributed by atoms with Gasteiger partial charge in [0.1, 0.15) is 11.6 Å². The smallest absolute Gasteiger partial charge is 0.324 e. The lowest BCUT2D eigenvalue weighted by atomic mass is 10.2. The van der Waals surface area contributed by atoms with Crippen LogP contribution in [0.25, 0.3) is 5.65 Å². The highest BCUT2D eigenvalue weighted by molar-refractivity contribution is 9.10. The van der Waals surface area contributed by atoms with Crippen LogP contribution in [-0.4, -0.2) is 25.1 Å². The summed E-state index contributed by atoms with van der Waals surface area (Å²) in [6.45, 7) is 1.91. The predicted molar refractivity (Wildman–Crippen MR) is 120 cm³/mol. The summed E-state index contributed by atoms with van der Waals surface area (Å²) in [5.74, 6) is -0.332. The van der Waals surface area contributed by atoms with Gasteiger partial charge in [-0.1, -0.05) is 52.8 Å². The molecule has 1 amide bonds. The predicted octanol–water partition coefficient (Wildman–Crippen LogP) is 4.01. The van der Waals surface area contributed by atoms with E-state index in [4.69, 9.17) is 0 Å². The molecule has 0 fully saturated rings. The SMILES string of the molecule is CCc1ccccc1Sc1nccn2c(=O)n(CC(=O)Nc3ccc(Br)cc3)nc12. The molecule has 0 unspecified atom stereocenters. The van der Waals surface area contributed by atoms with Crippen molar-refractivity contribution >= 4 is 44.9 Å². The van der Waals surface area contributed by atoms with Gasteiger partial charge in [-0.2, -0.15) is 0 Å². The molecule has 152 valence electrons. The van der Waals surface area contributed by atoms with Crippen LogP contribution in [0.5, 0.6) is 0 Å². The third-order valence-electron chi connectivity index (χ3n) is 4.45. The summed E-state index contributed by atoms with van der Waals surface area (Å²) in [5.41, 5.74) is 1.88. The zero-order valence-electron chi connectivity index (χ0n) is 16.1. The van der Waals surface area contributed by atoms with Gasteiger partial charge >= 0.3 is 5.69 Å². The Bertz CT molecular complexity index is 1270. The zero-order valence-corrected chi connectivity index (χ0v) is 18.5. The van der Waals surface area contributed by atoms with Crippen LogP contribution in [0.15, 0.2) is 80.1 Å². The van der Waals surface area contributed by atoms with E-state index >= 15 is 0 Å². The summed E-state index contributed by atoms with van der Waals surface area (Å²) in [5, 5.41) is 7.76. The topological polar surface area (TPSA) is 81.3 Å². The fourth-order valence-corrected chi connectivity index (χ4v) is 4.28. The van der Waals surface area contributed by atoms with Crippen LogP contribution < -0.4 is 11.0 Å². The highest BCUT2D eigenvalue weighted by Gasteiger charge is 2.16. The molecule has 0 saturated carbocycles. The van der Waals surface area contributed by atoms with Gasteiger partial charge in [-0.3, -0.25) is 4.79 Å². The highest BCUT2D eigenvalue weighted by Crippen LogP contribution is 2.31. The number of aromatic nitrogens is 4. The molecule has 0 aliphatic heterocycles. The number of fused-ring (bicyclic) bond motifs is 1.